The van der Waals surface area contributed by atoms with Crippen molar-refractivity contribution in [1.29, 1.82) is 0 Å². The first-order valence-corrected chi connectivity index (χ1v) is 7.15. The van der Waals surface area contributed by atoms with Gasteiger partial charge in [-0.1, -0.05) is 37.3 Å². The van der Waals surface area contributed by atoms with Gasteiger partial charge in [0.15, 0.2) is 5.13 Å². The highest BCUT2D eigenvalue weighted by Gasteiger charge is 2.03. The van der Waals surface area contributed by atoms with E-state index >= 15 is 0 Å². The molecule has 0 saturated heterocycles. The first-order valence-electron chi connectivity index (χ1n) is 6.27. The normalized spacial score (nSPS) is 10.2. The molecule has 1 aromatic heterocycles. The molecule has 0 aliphatic heterocycles. The van der Waals surface area contributed by atoms with Crippen molar-refractivity contribution in [3.8, 4) is 0 Å². The van der Waals surface area contributed by atoms with Gasteiger partial charge in [0.05, 0.1) is 12.2 Å². The van der Waals surface area contributed by atoms with Gasteiger partial charge in [-0.3, -0.25) is 4.79 Å². The van der Waals surface area contributed by atoms with Crippen molar-refractivity contribution >= 4 is 22.4 Å². The topological polar surface area (TPSA) is 54.0 Å². The molecule has 2 aromatic rings. The van der Waals surface area contributed by atoms with E-state index < -0.39 is 0 Å². The molecule has 0 fully saturated rings. The molecule has 2 rings (SSSR count). The van der Waals surface area contributed by atoms with Gasteiger partial charge in [-0.2, -0.15) is 0 Å². The lowest BCUT2D eigenvalue weighted by molar-refractivity contribution is -0.119. The van der Waals surface area contributed by atoms with Crippen molar-refractivity contribution in [2.45, 2.75) is 19.9 Å². The molecule has 0 atom stereocenters. The van der Waals surface area contributed by atoms with E-state index in [1.165, 1.54) is 11.3 Å². The molecule has 100 valence electrons. The van der Waals surface area contributed by atoms with Crippen LogP contribution in [-0.2, 0) is 17.8 Å². The Kier molecular flexibility index (Phi) is 4.92. The molecule has 19 heavy (non-hydrogen) atoms. The van der Waals surface area contributed by atoms with E-state index in [0.717, 1.165) is 22.8 Å². The summed E-state index contributed by atoms with van der Waals surface area (Å²) in [5, 5.41) is 8.70. The maximum atomic E-state index is 11.7. The van der Waals surface area contributed by atoms with Gasteiger partial charge < -0.3 is 10.6 Å². The molecule has 5 heteroatoms. The van der Waals surface area contributed by atoms with Crippen molar-refractivity contribution in [2.24, 2.45) is 0 Å². The molecule has 0 aliphatic carbocycles. The minimum absolute atomic E-state index is 0.0305. The zero-order valence-electron chi connectivity index (χ0n) is 10.8. The van der Waals surface area contributed by atoms with Crippen LogP contribution in [-0.4, -0.2) is 17.4 Å². The van der Waals surface area contributed by atoms with Crippen LogP contribution < -0.4 is 10.6 Å². The number of nitrogens with one attached hydrogen (secondary N) is 2. The third-order valence-electron chi connectivity index (χ3n) is 2.65. The molecule has 2 N–H and O–H groups in total. The summed E-state index contributed by atoms with van der Waals surface area (Å²) in [4.78, 5) is 16.0. The number of anilines is 1. The van der Waals surface area contributed by atoms with Crippen molar-refractivity contribution in [2.75, 3.05) is 11.9 Å². The summed E-state index contributed by atoms with van der Waals surface area (Å²) in [6.45, 7) is 2.87. The average Bonchev–Trinajstić information content (AvgIpc) is 2.92. The van der Waals surface area contributed by atoms with Gasteiger partial charge in [-0.15, -0.1) is 11.3 Å². The quantitative estimate of drug-likeness (QED) is 0.851. The molecule has 0 unspecified atom stereocenters. The number of benzene rings is 1. The lowest BCUT2D eigenvalue weighted by Gasteiger charge is -2.05. The Morgan fingerprint density at radius 1 is 1.32 bits per heavy atom. The Balaban J connectivity index is 1.73. The second-order valence-corrected chi connectivity index (χ2v) is 4.97. The molecule has 4 nitrogen and oxygen atoms in total. The van der Waals surface area contributed by atoms with Gasteiger partial charge in [0.1, 0.15) is 0 Å². The summed E-state index contributed by atoms with van der Waals surface area (Å²) in [6, 6.07) is 9.86. The zero-order valence-corrected chi connectivity index (χ0v) is 11.7. The summed E-state index contributed by atoms with van der Waals surface area (Å²) in [5.41, 5.74) is 2.15. The number of amides is 1. The SMILES string of the molecule is CCc1csc(NCC(=O)NCc2ccccc2)n1. The summed E-state index contributed by atoms with van der Waals surface area (Å²) in [6.07, 6.45) is 0.915. The number of thiazole rings is 1. The smallest absolute Gasteiger partial charge is 0.239 e. The standard InChI is InChI=1S/C14H17N3OS/c1-2-12-10-19-14(17-12)16-9-13(18)15-8-11-6-4-3-5-7-11/h3-7,10H,2,8-9H2,1H3,(H,15,18)(H,16,17). The van der Waals surface area contributed by atoms with Crippen LogP contribution in [0.15, 0.2) is 35.7 Å². The van der Waals surface area contributed by atoms with Gasteiger partial charge in [-0.05, 0) is 12.0 Å². The number of carbonyl (C=O) groups is 1. The molecule has 0 radical (unpaired) electrons. The average molecular weight is 275 g/mol. The van der Waals surface area contributed by atoms with Gasteiger partial charge in [0, 0.05) is 11.9 Å². The lowest BCUT2D eigenvalue weighted by atomic mass is 10.2. The van der Waals surface area contributed by atoms with Crippen LogP contribution in [0.1, 0.15) is 18.2 Å². The van der Waals surface area contributed by atoms with Crippen LogP contribution in [0.5, 0.6) is 0 Å². The maximum absolute atomic E-state index is 11.7. The fraction of sp³-hybridized carbons (Fsp3) is 0.286. The van der Waals surface area contributed by atoms with Gasteiger partial charge in [0.2, 0.25) is 5.91 Å². The Morgan fingerprint density at radius 2 is 2.11 bits per heavy atom. The summed E-state index contributed by atoms with van der Waals surface area (Å²) in [7, 11) is 0. The van der Waals surface area contributed by atoms with E-state index in [-0.39, 0.29) is 12.5 Å². The minimum atomic E-state index is -0.0305. The molecule has 1 aromatic carbocycles. The predicted octanol–water partition coefficient (Wildman–Crippen LogP) is 2.43. The molecule has 0 aliphatic rings. The van der Waals surface area contributed by atoms with Crippen LogP contribution in [0.4, 0.5) is 5.13 Å². The van der Waals surface area contributed by atoms with Crippen LogP contribution in [0.25, 0.3) is 0 Å². The first-order chi connectivity index (χ1) is 9.28. The van der Waals surface area contributed by atoms with E-state index in [9.17, 15) is 4.79 Å². The third-order valence-corrected chi connectivity index (χ3v) is 3.50. The monoisotopic (exact) mass is 275 g/mol. The van der Waals surface area contributed by atoms with Crippen molar-refractivity contribution in [3.63, 3.8) is 0 Å². The highest BCUT2D eigenvalue weighted by atomic mass is 32.1. The number of hydrogen-bond acceptors (Lipinski definition) is 4. The molecule has 1 heterocycles. The van der Waals surface area contributed by atoms with E-state index in [0.29, 0.717) is 6.54 Å². The first kappa shape index (κ1) is 13.5. The van der Waals surface area contributed by atoms with Crippen LogP contribution in [0.3, 0.4) is 0 Å². The summed E-state index contributed by atoms with van der Waals surface area (Å²) < 4.78 is 0. The molecular formula is C14H17N3OS. The van der Waals surface area contributed by atoms with Crippen molar-refractivity contribution in [3.05, 3.63) is 47.0 Å². The molecule has 1 amide bonds. The number of nitrogens with zero attached hydrogens (tertiary/aromatic N) is 1. The van der Waals surface area contributed by atoms with Gasteiger partial charge >= 0.3 is 0 Å². The van der Waals surface area contributed by atoms with E-state index in [4.69, 9.17) is 0 Å². The number of rotatable bonds is 6. The lowest BCUT2D eigenvalue weighted by Crippen LogP contribution is -2.29. The van der Waals surface area contributed by atoms with Crippen molar-refractivity contribution < 1.29 is 4.79 Å². The number of carbonyl (C=O) groups excluding carboxylic acids is 1. The Morgan fingerprint density at radius 3 is 2.79 bits per heavy atom. The molecule has 0 spiro atoms. The highest BCUT2D eigenvalue weighted by Crippen LogP contribution is 2.14. The van der Waals surface area contributed by atoms with Gasteiger partial charge in [0.25, 0.3) is 0 Å². The Hall–Kier alpha value is -1.88. The molecular weight excluding hydrogens is 258 g/mol. The number of hydrogen-bond donors (Lipinski definition) is 2. The predicted molar refractivity (Wildman–Crippen MR) is 78.3 cm³/mol. The van der Waals surface area contributed by atoms with E-state index in [1.54, 1.807) is 0 Å². The van der Waals surface area contributed by atoms with Crippen LogP contribution in [0, 0.1) is 0 Å². The Labute approximate surface area is 116 Å². The zero-order chi connectivity index (χ0) is 13.5. The fourth-order valence-electron chi connectivity index (χ4n) is 1.57. The summed E-state index contributed by atoms with van der Waals surface area (Å²) >= 11 is 1.53. The summed E-state index contributed by atoms with van der Waals surface area (Å²) in [5.74, 6) is -0.0305. The van der Waals surface area contributed by atoms with E-state index in [2.05, 4.69) is 22.5 Å². The van der Waals surface area contributed by atoms with Crippen molar-refractivity contribution in [1.82, 2.24) is 10.3 Å². The van der Waals surface area contributed by atoms with Crippen LogP contribution >= 0.6 is 11.3 Å². The number of aromatic nitrogens is 1. The second-order valence-electron chi connectivity index (χ2n) is 4.11. The largest absolute Gasteiger partial charge is 0.352 e. The molecule has 0 saturated carbocycles. The minimum Gasteiger partial charge on any atom is -0.352 e. The Bertz CT molecular complexity index is 524. The van der Waals surface area contributed by atoms with E-state index in [1.807, 2.05) is 35.7 Å². The molecule has 0 bridgehead atoms. The van der Waals surface area contributed by atoms with Crippen LogP contribution in [0.2, 0.25) is 0 Å². The second kappa shape index (κ2) is 6.89. The number of aryl methyl sites for hydroxylation is 1. The van der Waals surface area contributed by atoms with Gasteiger partial charge in [-0.25, -0.2) is 4.98 Å². The third kappa shape index (κ3) is 4.37. The maximum Gasteiger partial charge on any atom is 0.239 e. The highest BCUT2D eigenvalue weighted by molar-refractivity contribution is 7.13. The fourth-order valence-corrected chi connectivity index (χ4v) is 2.36.